The minimum Gasteiger partial charge on any atom is -0.376 e. The van der Waals surface area contributed by atoms with Crippen molar-refractivity contribution in [3.63, 3.8) is 0 Å². The van der Waals surface area contributed by atoms with Crippen molar-refractivity contribution >= 4 is 11.7 Å². The van der Waals surface area contributed by atoms with Crippen LogP contribution in [0.2, 0.25) is 0 Å². The maximum Gasteiger partial charge on any atom is 0.317 e. The van der Waals surface area contributed by atoms with Crippen molar-refractivity contribution < 1.29 is 9.53 Å². The van der Waals surface area contributed by atoms with E-state index < -0.39 is 0 Å². The maximum atomic E-state index is 12.5. The van der Waals surface area contributed by atoms with Crippen molar-refractivity contribution in [2.24, 2.45) is 0 Å². The van der Waals surface area contributed by atoms with E-state index in [1.807, 2.05) is 17.9 Å². The zero-order valence-electron chi connectivity index (χ0n) is 14.7. The van der Waals surface area contributed by atoms with Crippen molar-refractivity contribution in [3.8, 4) is 0 Å². The molecule has 1 aromatic rings. The van der Waals surface area contributed by atoms with Gasteiger partial charge in [-0.3, -0.25) is 0 Å². The standard InChI is InChI=1S/C19H29N3O2/c1-2-21(15-17-9-7-13-24-17)19(23)20-14-16-8-3-4-10-18(16)22-11-5-6-12-22/h3-4,8,10,17H,2,5-7,9,11-15H2,1H3,(H,20,23). The van der Waals surface area contributed by atoms with Gasteiger partial charge in [0.25, 0.3) is 0 Å². The van der Waals surface area contributed by atoms with Crippen LogP contribution in [0.5, 0.6) is 0 Å². The molecule has 1 N–H and O–H groups in total. The van der Waals surface area contributed by atoms with E-state index in [2.05, 4.69) is 28.4 Å². The molecular formula is C19H29N3O2. The third-order valence-corrected chi connectivity index (χ3v) is 4.99. The monoisotopic (exact) mass is 331 g/mol. The highest BCUT2D eigenvalue weighted by atomic mass is 16.5. The Bertz CT molecular complexity index is 537. The van der Waals surface area contributed by atoms with Gasteiger partial charge in [0.2, 0.25) is 0 Å². The number of likely N-dealkylation sites (N-methyl/N-ethyl adjacent to an activating group) is 1. The van der Waals surface area contributed by atoms with Gasteiger partial charge in [-0.25, -0.2) is 4.79 Å². The van der Waals surface area contributed by atoms with Gasteiger partial charge in [0.05, 0.1) is 6.10 Å². The van der Waals surface area contributed by atoms with E-state index in [9.17, 15) is 4.79 Å². The predicted octanol–water partition coefficient (Wildman–Crippen LogP) is 3.00. The zero-order chi connectivity index (χ0) is 16.8. The van der Waals surface area contributed by atoms with Crippen LogP contribution in [0.15, 0.2) is 24.3 Å². The molecule has 132 valence electrons. The maximum absolute atomic E-state index is 12.5. The lowest BCUT2D eigenvalue weighted by molar-refractivity contribution is 0.0826. The van der Waals surface area contributed by atoms with Crippen LogP contribution < -0.4 is 10.2 Å². The highest BCUT2D eigenvalue weighted by molar-refractivity contribution is 5.74. The summed E-state index contributed by atoms with van der Waals surface area (Å²) in [6, 6.07) is 8.41. The first-order valence-electron chi connectivity index (χ1n) is 9.25. The molecule has 3 rings (SSSR count). The molecule has 2 aliphatic heterocycles. The third-order valence-electron chi connectivity index (χ3n) is 4.99. The van der Waals surface area contributed by atoms with Crippen molar-refractivity contribution in [1.82, 2.24) is 10.2 Å². The molecule has 5 nitrogen and oxygen atoms in total. The minimum atomic E-state index is 0.00391. The second-order valence-corrected chi connectivity index (χ2v) is 6.66. The van der Waals surface area contributed by atoms with Crippen LogP contribution in [-0.4, -0.2) is 49.8 Å². The fraction of sp³-hybridized carbons (Fsp3) is 0.632. The van der Waals surface area contributed by atoms with Crippen LogP contribution >= 0.6 is 0 Å². The van der Waals surface area contributed by atoms with Gasteiger partial charge in [0, 0.05) is 45.0 Å². The molecule has 0 radical (unpaired) electrons. The topological polar surface area (TPSA) is 44.8 Å². The van der Waals surface area contributed by atoms with E-state index in [0.717, 1.165) is 32.5 Å². The molecular weight excluding hydrogens is 302 g/mol. The van der Waals surface area contributed by atoms with E-state index in [4.69, 9.17) is 4.74 Å². The van der Waals surface area contributed by atoms with Gasteiger partial charge < -0.3 is 19.9 Å². The molecule has 0 spiro atoms. The molecule has 0 bridgehead atoms. The molecule has 1 aromatic carbocycles. The lowest BCUT2D eigenvalue weighted by Gasteiger charge is -2.25. The van der Waals surface area contributed by atoms with Crippen molar-refractivity contribution in [3.05, 3.63) is 29.8 Å². The molecule has 0 aliphatic carbocycles. The summed E-state index contributed by atoms with van der Waals surface area (Å²) < 4.78 is 5.66. The second kappa shape index (κ2) is 8.38. The fourth-order valence-corrected chi connectivity index (χ4v) is 3.60. The van der Waals surface area contributed by atoms with Gasteiger partial charge in [0.15, 0.2) is 0 Å². The lowest BCUT2D eigenvalue weighted by atomic mass is 10.1. The van der Waals surface area contributed by atoms with Crippen LogP contribution in [0.25, 0.3) is 0 Å². The normalized spacial score (nSPS) is 20.4. The summed E-state index contributed by atoms with van der Waals surface area (Å²) in [5.41, 5.74) is 2.46. The average molecular weight is 331 g/mol. The Kier molecular flexibility index (Phi) is 5.96. The van der Waals surface area contributed by atoms with Gasteiger partial charge in [-0.2, -0.15) is 0 Å². The van der Waals surface area contributed by atoms with Crippen LogP contribution in [-0.2, 0) is 11.3 Å². The summed E-state index contributed by atoms with van der Waals surface area (Å²) in [5.74, 6) is 0. The van der Waals surface area contributed by atoms with Gasteiger partial charge in [0.1, 0.15) is 0 Å². The number of nitrogens with zero attached hydrogens (tertiary/aromatic N) is 2. The molecule has 2 saturated heterocycles. The van der Waals surface area contributed by atoms with Crippen LogP contribution in [0.4, 0.5) is 10.5 Å². The number of hydrogen-bond acceptors (Lipinski definition) is 3. The van der Waals surface area contributed by atoms with E-state index in [1.54, 1.807) is 0 Å². The van der Waals surface area contributed by atoms with Crippen molar-refractivity contribution in [2.45, 2.75) is 45.3 Å². The Morgan fingerprint density at radius 3 is 2.79 bits per heavy atom. The van der Waals surface area contributed by atoms with Gasteiger partial charge >= 0.3 is 6.03 Å². The highest BCUT2D eigenvalue weighted by Gasteiger charge is 2.22. The number of rotatable bonds is 6. The van der Waals surface area contributed by atoms with Gasteiger partial charge in [-0.1, -0.05) is 18.2 Å². The van der Waals surface area contributed by atoms with Crippen molar-refractivity contribution in [1.29, 1.82) is 0 Å². The van der Waals surface area contributed by atoms with Gasteiger partial charge in [-0.15, -0.1) is 0 Å². The Balaban J connectivity index is 1.57. The van der Waals surface area contributed by atoms with Crippen LogP contribution in [0.1, 0.15) is 38.2 Å². The smallest absolute Gasteiger partial charge is 0.317 e. The molecule has 2 heterocycles. The number of benzene rings is 1. The van der Waals surface area contributed by atoms with Crippen LogP contribution in [0.3, 0.4) is 0 Å². The van der Waals surface area contributed by atoms with Crippen molar-refractivity contribution in [2.75, 3.05) is 37.7 Å². The molecule has 1 atom stereocenters. The van der Waals surface area contributed by atoms with E-state index in [-0.39, 0.29) is 12.1 Å². The summed E-state index contributed by atoms with van der Waals surface area (Å²) >= 11 is 0. The number of urea groups is 1. The third kappa shape index (κ3) is 4.20. The Morgan fingerprint density at radius 2 is 2.08 bits per heavy atom. The molecule has 2 aliphatic rings. The summed E-state index contributed by atoms with van der Waals surface area (Å²) in [4.78, 5) is 16.8. The lowest BCUT2D eigenvalue weighted by Crippen LogP contribution is -2.43. The number of carbonyl (C=O) groups excluding carboxylic acids is 1. The second-order valence-electron chi connectivity index (χ2n) is 6.66. The number of nitrogens with one attached hydrogen (secondary N) is 1. The largest absolute Gasteiger partial charge is 0.376 e. The fourth-order valence-electron chi connectivity index (χ4n) is 3.60. The van der Waals surface area contributed by atoms with E-state index in [0.29, 0.717) is 19.6 Å². The molecule has 2 amide bonds. The SMILES string of the molecule is CCN(CC1CCCO1)C(=O)NCc1ccccc1N1CCCC1. The first-order chi connectivity index (χ1) is 11.8. The Morgan fingerprint density at radius 1 is 1.29 bits per heavy atom. The number of para-hydroxylation sites is 1. The Labute approximate surface area is 145 Å². The molecule has 2 fully saturated rings. The molecule has 5 heteroatoms. The summed E-state index contributed by atoms with van der Waals surface area (Å²) in [6.45, 7) is 7.05. The predicted molar refractivity (Wildman–Crippen MR) is 96.3 cm³/mol. The zero-order valence-corrected chi connectivity index (χ0v) is 14.7. The van der Waals surface area contributed by atoms with Crippen LogP contribution in [0, 0.1) is 0 Å². The average Bonchev–Trinajstić information content (AvgIpc) is 3.31. The molecule has 0 saturated carbocycles. The van der Waals surface area contributed by atoms with E-state index >= 15 is 0 Å². The molecule has 0 aromatic heterocycles. The number of anilines is 1. The van der Waals surface area contributed by atoms with Gasteiger partial charge in [-0.05, 0) is 44.2 Å². The minimum absolute atomic E-state index is 0.00391. The summed E-state index contributed by atoms with van der Waals surface area (Å²) in [6.07, 6.45) is 4.87. The van der Waals surface area contributed by atoms with E-state index in [1.165, 1.54) is 24.1 Å². The highest BCUT2D eigenvalue weighted by Crippen LogP contribution is 2.24. The number of carbonyl (C=O) groups is 1. The number of amides is 2. The first-order valence-corrected chi connectivity index (χ1v) is 9.25. The molecule has 1 unspecified atom stereocenters. The number of ether oxygens (including phenoxy) is 1. The first kappa shape index (κ1) is 17.1. The summed E-state index contributed by atoms with van der Waals surface area (Å²) in [5, 5.41) is 3.09. The number of hydrogen-bond donors (Lipinski definition) is 1. The summed E-state index contributed by atoms with van der Waals surface area (Å²) in [7, 11) is 0. The quantitative estimate of drug-likeness (QED) is 0.871. The Hall–Kier alpha value is -1.75. The molecule has 24 heavy (non-hydrogen) atoms.